The summed E-state index contributed by atoms with van der Waals surface area (Å²) in [6, 6.07) is 7.90. The van der Waals surface area contributed by atoms with Crippen LogP contribution >= 0.6 is 0 Å². The average molecular weight is 332 g/mol. The monoisotopic (exact) mass is 332 g/mol. The first-order valence-electron chi connectivity index (χ1n) is 8.97. The van der Waals surface area contributed by atoms with Gasteiger partial charge < -0.3 is 14.7 Å². The molecule has 1 atom stereocenters. The van der Waals surface area contributed by atoms with Gasteiger partial charge in [0.25, 0.3) is 0 Å². The van der Waals surface area contributed by atoms with E-state index >= 15 is 0 Å². The maximum absolute atomic E-state index is 12.4. The van der Waals surface area contributed by atoms with Crippen molar-refractivity contribution in [1.82, 2.24) is 9.80 Å². The van der Waals surface area contributed by atoms with Gasteiger partial charge in [-0.15, -0.1) is 0 Å². The van der Waals surface area contributed by atoms with Gasteiger partial charge in [-0.2, -0.15) is 0 Å². The number of benzene rings is 1. The van der Waals surface area contributed by atoms with Gasteiger partial charge in [0, 0.05) is 39.1 Å². The van der Waals surface area contributed by atoms with E-state index in [1.165, 1.54) is 12.8 Å². The lowest BCUT2D eigenvalue weighted by Crippen LogP contribution is -2.50. The summed E-state index contributed by atoms with van der Waals surface area (Å²) in [4.78, 5) is 16.6. The van der Waals surface area contributed by atoms with Crippen molar-refractivity contribution in [3.05, 3.63) is 29.8 Å². The van der Waals surface area contributed by atoms with Crippen molar-refractivity contribution in [3.8, 4) is 5.75 Å². The fraction of sp³-hybridized carbons (Fsp3) is 0.632. The largest absolute Gasteiger partial charge is 0.497 e. The highest BCUT2D eigenvalue weighted by molar-refractivity contribution is 5.76. The normalized spacial score (nSPS) is 20.0. The summed E-state index contributed by atoms with van der Waals surface area (Å²) in [5.74, 6) is 1.59. The van der Waals surface area contributed by atoms with Crippen LogP contribution < -0.4 is 4.74 Å². The molecule has 0 aromatic heterocycles. The van der Waals surface area contributed by atoms with E-state index in [0.29, 0.717) is 12.3 Å². The van der Waals surface area contributed by atoms with E-state index in [9.17, 15) is 9.90 Å². The fourth-order valence-electron chi connectivity index (χ4n) is 3.28. The van der Waals surface area contributed by atoms with E-state index in [4.69, 9.17) is 4.74 Å². The number of nitrogens with zero attached hydrogens (tertiary/aromatic N) is 2. The Bertz CT molecular complexity index is 534. The van der Waals surface area contributed by atoms with Crippen LogP contribution in [0.1, 0.15) is 24.8 Å². The molecule has 1 heterocycles. The van der Waals surface area contributed by atoms with Crippen LogP contribution in [-0.2, 0) is 11.2 Å². The molecule has 1 amide bonds. The Hall–Kier alpha value is -1.59. The number of methoxy groups -OCH3 is 1. The zero-order valence-corrected chi connectivity index (χ0v) is 14.5. The van der Waals surface area contributed by atoms with Crippen LogP contribution in [0.3, 0.4) is 0 Å². The molecular weight excluding hydrogens is 304 g/mol. The highest BCUT2D eigenvalue weighted by Gasteiger charge is 2.31. The number of amides is 1. The number of aliphatic hydroxyl groups excluding tert-OH is 1. The topological polar surface area (TPSA) is 53.0 Å². The molecule has 1 saturated heterocycles. The second-order valence-corrected chi connectivity index (χ2v) is 6.93. The highest BCUT2D eigenvalue weighted by atomic mass is 16.5. The summed E-state index contributed by atoms with van der Waals surface area (Å²) < 4.78 is 5.15. The Kier molecular flexibility index (Phi) is 5.74. The molecule has 1 aromatic rings. The van der Waals surface area contributed by atoms with Crippen LogP contribution in [0.15, 0.2) is 24.3 Å². The lowest BCUT2D eigenvalue weighted by atomic mass is 10.1. The van der Waals surface area contributed by atoms with Gasteiger partial charge in [0.2, 0.25) is 5.91 Å². The number of hydrogen-bond acceptors (Lipinski definition) is 4. The van der Waals surface area contributed by atoms with Crippen molar-refractivity contribution in [3.63, 3.8) is 0 Å². The van der Waals surface area contributed by atoms with E-state index in [0.717, 1.165) is 50.5 Å². The van der Waals surface area contributed by atoms with Crippen molar-refractivity contribution < 1.29 is 14.6 Å². The Labute approximate surface area is 144 Å². The maximum atomic E-state index is 12.4. The number of β-amino-alcohol motifs (C(OH)–C–C–N with tert-alkyl or cyclic N) is 1. The molecule has 3 rings (SSSR count). The minimum atomic E-state index is -0.178. The highest BCUT2D eigenvalue weighted by Crippen LogP contribution is 2.32. The summed E-state index contributed by atoms with van der Waals surface area (Å²) in [5, 5.41) is 10.0. The van der Waals surface area contributed by atoms with Crippen molar-refractivity contribution in [2.75, 3.05) is 39.8 Å². The van der Waals surface area contributed by atoms with Crippen molar-refractivity contribution in [2.24, 2.45) is 5.92 Å². The summed E-state index contributed by atoms with van der Waals surface area (Å²) in [6.07, 6.45) is 3.48. The van der Waals surface area contributed by atoms with Gasteiger partial charge in [0.1, 0.15) is 5.75 Å². The second kappa shape index (κ2) is 7.99. The van der Waals surface area contributed by atoms with Crippen LogP contribution in [0, 0.1) is 5.92 Å². The Morgan fingerprint density at radius 3 is 2.46 bits per heavy atom. The number of aliphatic hydroxyl groups is 1. The summed E-state index contributed by atoms with van der Waals surface area (Å²) >= 11 is 0. The van der Waals surface area contributed by atoms with E-state index in [2.05, 4.69) is 4.90 Å². The maximum Gasteiger partial charge on any atom is 0.222 e. The van der Waals surface area contributed by atoms with Crippen molar-refractivity contribution in [1.29, 1.82) is 0 Å². The molecule has 24 heavy (non-hydrogen) atoms. The van der Waals surface area contributed by atoms with Gasteiger partial charge in [-0.1, -0.05) is 12.1 Å². The number of hydrogen-bond donors (Lipinski definition) is 1. The van der Waals surface area contributed by atoms with Crippen LogP contribution in [0.2, 0.25) is 0 Å². The van der Waals surface area contributed by atoms with E-state index in [1.54, 1.807) is 7.11 Å². The first kappa shape index (κ1) is 17.2. The lowest BCUT2D eigenvalue weighted by molar-refractivity contribution is -0.133. The summed E-state index contributed by atoms with van der Waals surface area (Å²) in [6.45, 7) is 4.06. The Balaban J connectivity index is 1.38. The lowest BCUT2D eigenvalue weighted by Gasteiger charge is -2.35. The molecule has 1 unspecified atom stereocenters. The molecule has 2 aliphatic rings. The van der Waals surface area contributed by atoms with Crippen molar-refractivity contribution in [2.45, 2.75) is 31.8 Å². The molecule has 1 aromatic carbocycles. The number of aryl methyl sites for hydroxylation is 1. The molecule has 1 aliphatic heterocycles. The minimum absolute atomic E-state index is 0.178. The molecule has 5 heteroatoms. The third-order valence-electron chi connectivity index (χ3n) is 5.12. The summed E-state index contributed by atoms with van der Waals surface area (Å²) in [5.41, 5.74) is 1.16. The van der Waals surface area contributed by atoms with Gasteiger partial charge in [0.15, 0.2) is 0 Å². The minimum Gasteiger partial charge on any atom is -0.497 e. The molecule has 2 fully saturated rings. The fourth-order valence-corrected chi connectivity index (χ4v) is 3.28. The van der Waals surface area contributed by atoms with Gasteiger partial charge in [-0.25, -0.2) is 0 Å². The number of piperazine rings is 1. The van der Waals surface area contributed by atoms with Crippen LogP contribution in [0.25, 0.3) is 0 Å². The van der Waals surface area contributed by atoms with E-state index in [-0.39, 0.29) is 12.0 Å². The number of rotatable bonds is 7. The second-order valence-electron chi connectivity index (χ2n) is 6.93. The van der Waals surface area contributed by atoms with Gasteiger partial charge in [0.05, 0.1) is 13.2 Å². The van der Waals surface area contributed by atoms with Gasteiger partial charge >= 0.3 is 0 Å². The predicted molar refractivity (Wildman–Crippen MR) is 93.1 cm³/mol. The Morgan fingerprint density at radius 2 is 1.88 bits per heavy atom. The SMILES string of the molecule is COc1ccc(CCC(=O)N2CCN(CC(O)C3CC3)CC2)cc1. The molecule has 0 spiro atoms. The average Bonchev–Trinajstić information content (AvgIpc) is 3.46. The number of carbonyl (C=O) groups is 1. The van der Waals surface area contributed by atoms with Crippen molar-refractivity contribution >= 4 is 5.91 Å². The molecular formula is C19H28N2O3. The number of ether oxygens (including phenoxy) is 1. The van der Waals surface area contributed by atoms with E-state index in [1.807, 2.05) is 29.2 Å². The predicted octanol–water partition coefficient (Wildman–Crippen LogP) is 1.54. The zero-order valence-electron chi connectivity index (χ0n) is 14.5. The van der Waals surface area contributed by atoms with Crippen LogP contribution in [-0.4, -0.2) is 66.8 Å². The van der Waals surface area contributed by atoms with Crippen LogP contribution in [0.5, 0.6) is 5.75 Å². The molecule has 0 bridgehead atoms. The molecule has 1 saturated carbocycles. The Morgan fingerprint density at radius 1 is 1.21 bits per heavy atom. The zero-order chi connectivity index (χ0) is 16.9. The first-order valence-corrected chi connectivity index (χ1v) is 8.97. The molecule has 5 nitrogen and oxygen atoms in total. The van der Waals surface area contributed by atoms with Crippen LogP contribution in [0.4, 0.5) is 0 Å². The van der Waals surface area contributed by atoms with Gasteiger partial charge in [-0.05, 0) is 42.9 Å². The first-order chi connectivity index (χ1) is 11.7. The molecule has 1 aliphatic carbocycles. The third kappa shape index (κ3) is 4.71. The molecule has 0 radical (unpaired) electrons. The van der Waals surface area contributed by atoms with Gasteiger partial charge in [-0.3, -0.25) is 9.69 Å². The smallest absolute Gasteiger partial charge is 0.222 e. The quantitative estimate of drug-likeness (QED) is 0.823. The number of carbonyl (C=O) groups excluding carboxylic acids is 1. The molecule has 1 N–H and O–H groups in total. The summed E-state index contributed by atoms with van der Waals surface area (Å²) in [7, 11) is 1.65. The third-order valence-corrected chi connectivity index (χ3v) is 5.12. The molecule has 132 valence electrons. The van der Waals surface area contributed by atoms with E-state index < -0.39 is 0 Å². The standard InChI is InChI=1S/C19H28N2O3/c1-24-17-7-2-15(3-8-17)4-9-19(23)21-12-10-20(11-13-21)14-18(22)16-5-6-16/h2-3,7-8,16,18,22H,4-6,9-14H2,1H3.